The van der Waals surface area contributed by atoms with Crippen LogP contribution in [-0.4, -0.2) is 0 Å². The maximum atomic E-state index is 3.82. The van der Waals surface area contributed by atoms with E-state index in [1.165, 1.54) is 36.2 Å². The minimum atomic E-state index is 0.420. The number of nitrogens with one attached hydrogen (secondary N) is 1. The first-order valence-electron chi connectivity index (χ1n) is 7.66. The minimum Gasteiger partial charge on any atom is -0.377 e. The summed E-state index contributed by atoms with van der Waals surface area (Å²) in [5, 5.41) is 5.99. The Morgan fingerprint density at radius 2 is 1.90 bits per heavy atom. The molecule has 3 rings (SSSR count). The van der Waals surface area contributed by atoms with Crippen molar-refractivity contribution in [2.75, 3.05) is 5.32 Å². The first-order valence-corrected chi connectivity index (χ1v) is 8.54. The second kappa shape index (κ2) is 6.01. The summed E-state index contributed by atoms with van der Waals surface area (Å²) in [5.74, 6) is 0.591. The van der Waals surface area contributed by atoms with Gasteiger partial charge in [0, 0.05) is 10.6 Å². The van der Waals surface area contributed by atoms with Crippen LogP contribution in [0.2, 0.25) is 0 Å². The minimum absolute atomic E-state index is 0.420. The first kappa shape index (κ1) is 13.7. The molecule has 0 spiro atoms. The molecule has 1 aliphatic carbocycles. The molecule has 0 amide bonds. The van der Waals surface area contributed by atoms with Gasteiger partial charge in [0.25, 0.3) is 0 Å². The van der Waals surface area contributed by atoms with Crippen molar-refractivity contribution in [2.45, 2.75) is 45.6 Å². The van der Waals surface area contributed by atoms with Gasteiger partial charge < -0.3 is 5.32 Å². The fourth-order valence-corrected chi connectivity index (χ4v) is 4.07. The molecule has 0 aliphatic heterocycles. The Bertz CT molecular complexity index is 557. The molecule has 1 N–H and O–H groups in total. The number of hydrogen-bond donors (Lipinski definition) is 1. The summed E-state index contributed by atoms with van der Waals surface area (Å²) in [5.41, 5.74) is 4.46. The molecule has 1 heterocycles. The predicted molar refractivity (Wildman–Crippen MR) is 88.6 cm³/mol. The number of aryl methyl sites for hydroxylation is 1. The highest BCUT2D eigenvalue weighted by atomic mass is 32.1. The normalized spacial score (nSPS) is 15.9. The van der Waals surface area contributed by atoms with E-state index >= 15 is 0 Å². The summed E-state index contributed by atoms with van der Waals surface area (Å²) in [6, 6.07) is 11.6. The maximum Gasteiger partial charge on any atom is 0.0629 e. The van der Waals surface area contributed by atoms with E-state index in [0.29, 0.717) is 12.0 Å². The summed E-state index contributed by atoms with van der Waals surface area (Å²) in [6.07, 6.45) is 5.15. The van der Waals surface area contributed by atoms with E-state index in [0.717, 1.165) is 0 Å². The van der Waals surface area contributed by atoms with Crippen molar-refractivity contribution in [3.05, 3.63) is 51.7 Å². The van der Waals surface area contributed by atoms with Gasteiger partial charge in [0.15, 0.2) is 0 Å². The van der Waals surface area contributed by atoms with Crippen LogP contribution in [0.1, 0.15) is 48.7 Å². The summed E-state index contributed by atoms with van der Waals surface area (Å²) in [4.78, 5) is 1.44. The SMILES string of the molecule is CC(C)C(Nc1cccc2c1CCCC2)c1cccs1. The lowest BCUT2D eigenvalue weighted by Crippen LogP contribution is -2.17. The molecule has 2 aromatic rings. The summed E-state index contributed by atoms with van der Waals surface area (Å²) < 4.78 is 0. The quantitative estimate of drug-likeness (QED) is 0.789. The molecule has 0 radical (unpaired) electrons. The number of thiophene rings is 1. The molecule has 0 bridgehead atoms. The molecule has 2 heteroatoms. The van der Waals surface area contributed by atoms with Gasteiger partial charge in [-0.3, -0.25) is 0 Å². The highest BCUT2D eigenvalue weighted by Gasteiger charge is 2.19. The number of benzene rings is 1. The standard InChI is InChI=1S/C18H23NS/c1-13(2)18(17-11-6-12-20-17)19-16-10-5-8-14-7-3-4-9-15(14)16/h5-6,8,10-13,18-19H,3-4,7,9H2,1-2H3. The van der Waals surface area contributed by atoms with E-state index in [4.69, 9.17) is 0 Å². The molecule has 0 fully saturated rings. The third-order valence-electron chi connectivity index (χ3n) is 4.22. The molecule has 1 atom stereocenters. The van der Waals surface area contributed by atoms with Crippen LogP contribution in [0.4, 0.5) is 5.69 Å². The van der Waals surface area contributed by atoms with Crippen molar-refractivity contribution in [1.82, 2.24) is 0 Å². The summed E-state index contributed by atoms with van der Waals surface area (Å²) in [7, 11) is 0. The Morgan fingerprint density at radius 1 is 1.05 bits per heavy atom. The highest BCUT2D eigenvalue weighted by Crippen LogP contribution is 2.34. The largest absolute Gasteiger partial charge is 0.377 e. The van der Waals surface area contributed by atoms with E-state index in [1.807, 2.05) is 11.3 Å². The zero-order valence-corrected chi connectivity index (χ0v) is 13.2. The van der Waals surface area contributed by atoms with Crippen LogP contribution in [0.5, 0.6) is 0 Å². The lowest BCUT2D eigenvalue weighted by molar-refractivity contribution is 0.552. The van der Waals surface area contributed by atoms with E-state index < -0.39 is 0 Å². The Labute approximate surface area is 126 Å². The van der Waals surface area contributed by atoms with E-state index in [-0.39, 0.29) is 0 Å². The average Bonchev–Trinajstić information content (AvgIpc) is 2.98. The second-order valence-corrected chi connectivity index (χ2v) is 7.01. The number of hydrogen-bond acceptors (Lipinski definition) is 2. The molecule has 1 nitrogen and oxygen atoms in total. The first-order chi connectivity index (χ1) is 9.75. The number of rotatable bonds is 4. The Balaban J connectivity index is 1.89. The van der Waals surface area contributed by atoms with E-state index in [1.54, 1.807) is 11.1 Å². The molecular weight excluding hydrogens is 262 g/mol. The van der Waals surface area contributed by atoms with Crippen LogP contribution < -0.4 is 5.32 Å². The van der Waals surface area contributed by atoms with Crippen LogP contribution >= 0.6 is 11.3 Å². The second-order valence-electron chi connectivity index (χ2n) is 6.03. The van der Waals surface area contributed by atoms with Crippen LogP contribution in [0.3, 0.4) is 0 Å². The van der Waals surface area contributed by atoms with Crippen molar-refractivity contribution < 1.29 is 0 Å². The molecule has 1 aromatic heterocycles. The zero-order chi connectivity index (χ0) is 13.9. The Morgan fingerprint density at radius 3 is 2.65 bits per heavy atom. The predicted octanol–water partition coefficient (Wildman–Crippen LogP) is 5.44. The van der Waals surface area contributed by atoms with Gasteiger partial charge >= 0.3 is 0 Å². The maximum absolute atomic E-state index is 3.82. The van der Waals surface area contributed by atoms with Crippen molar-refractivity contribution in [2.24, 2.45) is 5.92 Å². The van der Waals surface area contributed by atoms with Crippen LogP contribution in [0.15, 0.2) is 35.7 Å². The lowest BCUT2D eigenvalue weighted by Gasteiger charge is -2.26. The van der Waals surface area contributed by atoms with Gasteiger partial charge in [0.05, 0.1) is 6.04 Å². The number of fused-ring (bicyclic) bond motifs is 1. The monoisotopic (exact) mass is 285 g/mol. The fourth-order valence-electron chi connectivity index (χ4n) is 3.12. The number of anilines is 1. The molecule has 0 saturated heterocycles. The molecular formula is C18H23NS. The van der Waals surface area contributed by atoms with Gasteiger partial charge in [-0.1, -0.05) is 32.0 Å². The lowest BCUT2D eigenvalue weighted by atomic mass is 9.90. The summed E-state index contributed by atoms with van der Waals surface area (Å²) in [6.45, 7) is 4.60. The summed E-state index contributed by atoms with van der Waals surface area (Å²) >= 11 is 1.85. The fraction of sp³-hybridized carbons (Fsp3) is 0.444. The van der Waals surface area contributed by atoms with E-state index in [2.05, 4.69) is 54.9 Å². The Hall–Kier alpha value is -1.28. The topological polar surface area (TPSA) is 12.0 Å². The molecule has 106 valence electrons. The molecule has 1 unspecified atom stereocenters. The van der Waals surface area contributed by atoms with Crippen molar-refractivity contribution in [3.63, 3.8) is 0 Å². The van der Waals surface area contributed by atoms with Crippen LogP contribution in [-0.2, 0) is 12.8 Å². The van der Waals surface area contributed by atoms with Crippen LogP contribution in [0, 0.1) is 5.92 Å². The average molecular weight is 285 g/mol. The van der Waals surface area contributed by atoms with Crippen molar-refractivity contribution >= 4 is 17.0 Å². The highest BCUT2D eigenvalue weighted by molar-refractivity contribution is 7.10. The van der Waals surface area contributed by atoms with Crippen molar-refractivity contribution in [3.8, 4) is 0 Å². The Kier molecular flexibility index (Phi) is 4.11. The van der Waals surface area contributed by atoms with Crippen LogP contribution in [0.25, 0.3) is 0 Å². The van der Waals surface area contributed by atoms with Gasteiger partial charge in [-0.05, 0) is 60.2 Å². The molecule has 1 aromatic carbocycles. The molecule has 0 saturated carbocycles. The zero-order valence-electron chi connectivity index (χ0n) is 12.4. The van der Waals surface area contributed by atoms with Crippen molar-refractivity contribution in [1.29, 1.82) is 0 Å². The van der Waals surface area contributed by atoms with Gasteiger partial charge in [0.1, 0.15) is 0 Å². The van der Waals surface area contributed by atoms with E-state index in [9.17, 15) is 0 Å². The van der Waals surface area contributed by atoms with Gasteiger partial charge in [-0.25, -0.2) is 0 Å². The van der Waals surface area contributed by atoms with Gasteiger partial charge in [-0.2, -0.15) is 0 Å². The molecule has 1 aliphatic rings. The van der Waals surface area contributed by atoms with Gasteiger partial charge in [0.2, 0.25) is 0 Å². The third-order valence-corrected chi connectivity index (χ3v) is 5.18. The third kappa shape index (κ3) is 2.76. The van der Waals surface area contributed by atoms with Gasteiger partial charge in [-0.15, -0.1) is 11.3 Å². The smallest absolute Gasteiger partial charge is 0.0629 e. The molecule has 20 heavy (non-hydrogen) atoms.